The molecule has 1 heterocycles. The third-order valence-electron chi connectivity index (χ3n) is 5.98. The molecule has 1 aliphatic rings. The van der Waals surface area contributed by atoms with Gasteiger partial charge in [-0.3, -0.25) is 14.5 Å². The van der Waals surface area contributed by atoms with Crippen LogP contribution in [0.1, 0.15) is 47.7 Å². The number of primary amides is 1. The first-order valence-electron chi connectivity index (χ1n) is 10.4. The van der Waals surface area contributed by atoms with Crippen molar-refractivity contribution in [1.29, 1.82) is 0 Å². The monoisotopic (exact) mass is 393 g/mol. The van der Waals surface area contributed by atoms with Crippen LogP contribution in [0.25, 0.3) is 0 Å². The fourth-order valence-electron chi connectivity index (χ4n) is 3.88. The van der Waals surface area contributed by atoms with Crippen molar-refractivity contribution in [3.63, 3.8) is 0 Å². The lowest BCUT2D eigenvalue weighted by molar-refractivity contribution is -0.121. The first-order valence-corrected chi connectivity index (χ1v) is 10.4. The summed E-state index contributed by atoms with van der Waals surface area (Å²) in [6.07, 6.45) is 4.61. The normalized spacial score (nSPS) is 16.3. The van der Waals surface area contributed by atoms with Crippen LogP contribution in [0.4, 0.5) is 5.69 Å². The predicted molar refractivity (Wildman–Crippen MR) is 117 cm³/mol. The number of nitrogens with two attached hydrogens (primary N) is 1. The molecule has 154 valence electrons. The molecule has 1 saturated heterocycles. The van der Waals surface area contributed by atoms with E-state index in [4.69, 9.17) is 5.73 Å². The number of rotatable bonds is 7. The van der Waals surface area contributed by atoms with E-state index in [9.17, 15) is 9.59 Å². The molecule has 1 aliphatic heterocycles. The largest absolute Gasteiger partial charge is 0.366 e. The van der Waals surface area contributed by atoms with Crippen LogP contribution >= 0.6 is 0 Å². The molecule has 5 heteroatoms. The van der Waals surface area contributed by atoms with Gasteiger partial charge >= 0.3 is 0 Å². The van der Waals surface area contributed by atoms with Crippen LogP contribution in [-0.4, -0.2) is 35.8 Å². The Morgan fingerprint density at radius 1 is 1.07 bits per heavy atom. The van der Waals surface area contributed by atoms with Gasteiger partial charge in [-0.1, -0.05) is 29.8 Å². The van der Waals surface area contributed by atoms with Gasteiger partial charge in [0.1, 0.15) is 0 Å². The van der Waals surface area contributed by atoms with Gasteiger partial charge in [0.05, 0.1) is 6.04 Å². The number of amides is 2. The van der Waals surface area contributed by atoms with Crippen molar-refractivity contribution < 1.29 is 9.59 Å². The molecular weight excluding hydrogens is 362 g/mol. The van der Waals surface area contributed by atoms with E-state index in [2.05, 4.69) is 41.4 Å². The highest BCUT2D eigenvalue weighted by Crippen LogP contribution is 2.24. The van der Waals surface area contributed by atoms with E-state index >= 15 is 0 Å². The first kappa shape index (κ1) is 21.1. The first-order chi connectivity index (χ1) is 13.9. The Kier molecular flexibility index (Phi) is 7.04. The van der Waals surface area contributed by atoms with Gasteiger partial charge in [-0.2, -0.15) is 0 Å². The average Bonchev–Trinajstić information content (AvgIpc) is 2.73. The van der Waals surface area contributed by atoms with Gasteiger partial charge in [-0.05, 0) is 88.4 Å². The Bertz CT molecular complexity index is 822. The highest BCUT2D eigenvalue weighted by molar-refractivity contribution is 5.96. The zero-order valence-electron chi connectivity index (χ0n) is 17.4. The number of nitrogens with one attached hydrogen (secondary N) is 1. The maximum atomic E-state index is 12.6. The Morgan fingerprint density at radius 3 is 2.28 bits per heavy atom. The van der Waals surface area contributed by atoms with Gasteiger partial charge in [0, 0.05) is 11.3 Å². The van der Waals surface area contributed by atoms with Gasteiger partial charge in [-0.15, -0.1) is 0 Å². The lowest BCUT2D eigenvalue weighted by Gasteiger charge is -2.35. The van der Waals surface area contributed by atoms with Crippen LogP contribution in [0, 0.1) is 12.8 Å². The van der Waals surface area contributed by atoms with Crippen LogP contribution in [0.3, 0.4) is 0 Å². The molecule has 5 nitrogen and oxygen atoms in total. The van der Waals surface area contributed by atoms with Gasteiger partial charge < -0.3 is 11.1 Å². The minimum Gasteiger partial charge on any atom is -0.366 e. The predicted octanol–water partition coefficient (Wildman–Crippen LogP) is 3.77. The van der Waals surface area contributed by atoms with Gasteiger partial charge in [0.15, 0.2) is 0 Å². The third-order valence-corrected chi connectivity index (χ3v) is 5.98. The van der Waals surface area contributed by atoms with Crippen molar-refractivity contribution in [2.45, 2.75) is 45.6 Å². The molecule has 3 rings (SSSR count). The molecule has 0 unspecified atom stereocenters. The molecule has 2 aromatic carbocycles. The van der Waals surface area contributed by atoms with E-state index < -0.39 is 5.91 Å². The molecule has 0 radical (unpaired) electrons. The van der Waals surface area contributed by atoms with Crippen LogP contribution in [0.5, 0.6) is 0 Å². The summed E-state index contributed by atoms with van der Waals surface area (Å²) in [7, 11) is 0. The summed E-state index contributed by atoms with van der Waals surface area (Å²) >= 11 is 0. The van der Waals surface area contributed by atoms with Crippen molar-refractivity contribution in [1.82, 2.24) is 4.90 Å². The molecule has 0 bridgehead atoms. The number of anilines is 1. The second-order valence-electron chi connectivity index (χ2n) is 8.11. The Balaban J connectivity index is 1.43. The van der Waals surface area contributed by atoms with Crippen molar-refractivity contribution in [3.05, 3.63) is 65.2 Å². The maximum absolute atomic E-state index is 12.6. The number of benzene rings is 2. The van der Waals surface area contributed by atoms with Crippen LogP contribution in [0.2, 0.25) is 0 Å². The zero-order chi connectivity index (χ0) is 20.8. The van der Waals surface area contributed by atoms with Crippen LogP contribution < -0.4 is 11.1 Å². The number of hydrogen-bond donors (Lipinski definition) is 2. The molecule has 0 spiro atoms. The molecule has 2 amide bonds. The summed E-state index contributed by atoms with van der Waals surface area (Å²) < 4.78 is 0. The molecule has 29 heavy (non-hydrogen) atoms. The van der Waals surface area contributed by atoms with E-state index in [-0.39, 0.29) is 11.9 Å². The fourth-order valence-corrected chi connectivity index (χ4v) is 3.88. The number of aryl methyl sites for hydroxylation is 2. The smallest absolute Gasteiger partial charge is 0.248 e. The lowest BCUT2D eigenvalue weighted by Crippen LogP contribution is -2.46. The van der Waals surface area contributed by atoms with E-state index in [1.165, 1.54) is 17.5 Å². The standard InChI is InChI=1S/C24H31N3O2/c1-17-3-5-19(6-4-17)7-8-20-13-15-27(16-14-20)18(2)24(29)26-22-11-9-21(10-12-22)23(25)28/h3-6,9-12,18,20H,7-8,13-16H2,1-2H3,(H2,25,28)(H,26,29)/t18-/m0/s1. The zero-order valence-corrected chi connectivity index (χ0v) is 17.4. The average molecular weight is 394 g/mol. The maximum Gasteiger partial charge on any atom is 0.248 e. The molecular formula is C24H31N3O2. The van der Waals surface area contributed by atoms with Crippen LogP contribution in [0.15, 0.2) is 48.5 Å². The van der Waals surface area contributed by atoms with E-state index in [1.54, 1.807) is 24.3 Å². The van der Waals surface area contributed by atoms with Crippen LogP contribution in [-0.2, 0) is 11.2 Å². The third kappa shape index (κ3) is 5.91. The summed E-state index contributed by atoms with van der Waals surface area (Å²) in [5, 5.41) is 2.93. The van der Waals surface area contributed by atoms with Gasteiger partial charge in [-0.25, -0.2) is 0 Å². The quantitative estimate of drug-likeness (QED) is 0.752. The molecule has 1 atom stereocenters. The Morgan fingerprint density at radius 2 is 1.69 bits per heavy atom. The summed E-state index contributed by atoms with van der Waals surface area (Å²) in [6.45, 7) is 5.98. The topological polar surface area (TPSA) is 75.4 Å². The summed E-state index contributed by atoms with van der Waals surface area (Å²) in [5.74, 6) is 0.237. The molecule has 0 aliphatic carbocycles. The van der Waals surface area contributed by atoms with Gasteiger partial charge in [0.25, 0.3) is 0 Å². The number of hydrogen-bond acceptors (Lipinski definition) is 3. The van der Waals surface area contributed by atoms with E-state index in [0.29, 0.717) is 11.3 Å². The highest BCUT2D eigenvalue weighted by Gasteiger charge is 2.26. The SMILES string of the molecule is Cc1ccc(CCC2CCN([C@@H](C)C(=O)Nc3ccc(C(N)=O)cc3)CC2)cc1. The number of nitrogens with zero attached hydrogens (tertiary/aromatic N) is 1. The minimum atomic E-state index is -0.471. The van der Waals surface area contributed by atoms with Gasteiger partial charge in [0.2, 0.25) is 11.8 Å². The number of carbonyl (C=O) groups excluding carboxylic acids is 2. The van der Waals surface area contributed by atoms with E-state index in [1.807, 2.05) is 6.92 Å². The molecule has 2 aromatic rings. The number of likely N-dealkylation sites (tertiary alicyclic amines) is 1. The molecule has 1 fully saturated rings. The minimum absolute atomic E-state index is 0.0186. The second-order valence-corrected chi connectivity index (χ2v) is 8.11. The van der Waals surface area contributed by atoms with Crippen molar-refractivity contribution in [2.75, 3.05) is 18.4 Å². The van der Waals surface area contributed by atoms with Crippen molar-refractivity contribution in [3.8, 4) is 0 Å². The number of carbonyl (C=O) groups is 2. The van der Waals surface area contributed by atoms with E-state index in [0.717, 1.165) is 38.3 Å². The summed E-state index contributed by atoms with van der Waals surface area (Å²) in [4.78, 5) is 26.0. The summed E-state index contributed by atoms with van der Waals surface area (Å²) in [5.41, 5.74) is 9.08. The fraction of sp³-hybridized carbons (Fsp3) is 0.417. The second kappa shape index (κ2) is 9.70. The Labute approximate surface area is 173 Å². The number of piperidine rings is 1. The molecule has 3 N–H and O–H groups in total. The Hall–Kier alpha value is -2.66. The lowest BCUT2D eigenvalue weighted by atomic mass is 9.90. The summed E-state index contributed by atoms with van der Waals surface area (Å²) in [6, 6.07) is 15.3. The van der Waals surface area contributed by atoms with Crippen molar-refractivity contribution in [2.24, 2.45) is 11.7 Å². The molecule has 0 saturated carbocycles. The molecule has 0 aromatic heterocycles. The highest BCUT2D eigenvalue weighted by atomic mass is 16.2. The van der Waals surface area contributed by atoms with Crippen molar-refractivity contribution >= 4 is 17.5 Å².